The van der Waals surface area contributed by atoms with Gasteiger partial charge in [-0.05, 0) is 42.8 Å². The molecular formula is C21H25ClN3O2+. The number of quaternary nitrogens is 1. The van der Waals surface area contributed by atoms with Crippen LogP contribution >= 0.6 is 11.6 Å². The third kappa shape index (κ3) is 6.89. The highest BCUT2D eigenvalue weighted by atomic mass is 35.5. The molecule has 3 N–H and O–H groups in total. The van der Waals surface area contributed by atoms with Gasteiger partial charge in [-0.2, -0.15) is 0 Å². The summed E-state index contributed by atoms with van der Waals surface area (Å²) in [7, 11) is 4.02. The van der Waals surface area contributed by atoms with E-state index in [1.165, 1.54) is 4.90 Å². The van der Waals surface area contributed by atoms with E-state index in [0.717, 1.165) is 17.7 Å². The van der Waals surface area contributed by atoms with Crippen LogP contribution in [0.2, 0.25) is 5.02 Å². The molecule has 0 aliphatic carbocycles. The Bertz CT molecular complexity index is 812. The SMILES string of the molecule is Cc1ccc(C(=O)NC(=Cc2ccc(Cl)cc2)C(=O)NCC[NH+](C)C)cc1. The first-order valence-corrected chi connectivity index (χ1v) is 9.15. The van der Waals surface area contributed by atoms with Gasteiger partial charge in [0.1, 0.15) is 5.70 Å². The Morgan fingerprint density at radius 2 is 1.67 bits per heavy atom. The fraction of sp³-hybridized carbons (Fsp3) is 0.238. The minimum Gasteiger partial charge on any atom is -0.345 e. The third-order valence-corrected chi connectivity index (χ3v) is 4.15. The predicted octanol–water partition coefficient (Wildman–Crippen LogP) is 1.68. The van der Waals surface area contributed by atoms with Gasteiger partial charge in [0.05, 0.1) is 27.2 Å². The lowest BCUT2D eigenvalue weighted by molar-refractivity contribution is -0.856. The predicted molar refractivity (Wildman–Crippen MR) is 109 cm³/mol. The molecule has 2 aromatic rings. The van der Waals surface area contributed by atoms with Crippen LogP contribution in [0.4, 0.5) is 0 Å². The van der Waals surface area contributed by atoms with Gasteiger partial charge in [-0.1, -0.05) is 41.4 Å². The van der Waals surface area contributed by atoms with Crippen molar-refractivity contribution >= 4 is 29.5 Å². The van der Waals surface area contributed by atoms with Crippen molar-refractivity contribution in [2.45, 2.75) is 6.92 Å². The first-order valence-electron chi connectivity index (χ1n) is 8.77. The fourth-order valence-electron chi connectivity index (χ4n) is 2.30. The lowest BCUT2D eigenvalue weighted by Crippen LogP contribution is -3.06. The quantitative estimate of drug-likeness (QED) is 0.634. The molecule has 2 amide bonds. The van der Waals surface area contributed by atoms with Gasteiger partial charge in [0.2, 0.25) is 0 Å². The molecule has 0 atom stereocenters. The number of carbonyl (C=O) groups is 2. The Kier molecular flexibility index (Phi) is 7.58. The fourth-order valence-corrected chi connectivity index (χ4v) is 2.43. The second-order valence-corrected chi connectivity index (χ2v) is 7.08. The van der Waals surface area contributed by atoms with E-state index in [0.29, 0.717) is 17.1 Å². The van der Waals surface area contributed by atoms with Gasteiger partial charge < -0.3 is 15.5 Å². The summed E-state index contributed by atoms with van der Waals surface area (Å²) in [6, 6.07) is 14.2. The Hall–Kier alpha value is -2.63. The monoisotopic (exact) mass is 386 g/mol. The molecule has 0 unspecified atom stereocenters. The average Bonchev–Trinajstić information content (AvgIpc) is 2.63. The lowest BCUT2D eigenvalue weighted by Gasteiger charge is -2.12. The van der Waals surface area contributed by atoms with Gasteiger partial charge in [-0.3, -0.25) is 9.59 Å². The molecule has 0 saturated heterocycles. The smallest absolute Gasteiger partial charge is 0.268 e. The summed E-state index contributed by atoms with van der Waals surface area (Å²) in [4.78, 5) is 26.4. The Labute approximate surface area is 165 Å². The van der Waals surface area contributed by atoms with Crippen LogP contribution in [-0.4, -0.2) is 39.0 Å². The molecule has 0 saturated carbocycles. The van der Waals surface area contributed by atoms with Crippen molar-refractivity contribution in [1.29, 1.82) is 0 Å². The highest BCUT2D eigenvalue weighted by Gasteiger charge is 2.14. The molecule has 0 aromatic heterocycles. The molecule has 2 aromatic carbocycles. The Balaban J connectivity index is 2.20. The van der Waals surface area contributed by atoms with Gasteiger partial charge in [-0.15, -0.1) is 0 Å². The average molecular weight is 387 g/mol. The maximum atomic E-state index is 12.6. The zero-order valence-corrected chi connectivity index (χ0v) is 16.6. The molecule has 142 valence electrons. The van der Waals surface area contributed by atoms with E-state index < -0.39 is 0 Å². The zero-order valence-electron chi connectivity index (χ0n) is 15.8. The maximum absolute atomic E-state index is 12.6. The minimum absolute atomic E-state index is 0.191. The molecule has 0 aliphatic heterocycles. The van der Waals surface area contributed by atoms with Crippen molar-refractivity contribution < 1.29 is 14.5 Å². The van der Waals surface area contributed by atoms with E-state index in [2.05, 4.69) is 10.6 Å². The summed E-state index contributed by atoms with van der Waals surface area (Å²) >= 11 is 5.91. The summed E-state index contributed by atoms with van der Waals surface area (Å²) < 4.78 is 0. The van der Waals surface area contributed by atoms with Gasteiger partial charge >= 0.3 is 0 Å². The van der Waals surface area contributed by atoms with Gasteiger partial charge in [0, 0.05) is 10.6 Å². The van der Waals surface area contributed by atoms with Crippen LogP contribution in [0.25, 0.3) is 6.08 Å². The van der Waals surface area contributed by atoms with E-state index in [-0.39, 0.29) is 17.5 Å². The normalized spacial score (nSPS) is 11.4. The molecule has 0 aliphatic rings. The van der Waals surface area contributed by atoms with Gasteiger partial charge in [0.15, 0.2) is 0 Å². The number of aryl methyl sites for hydroxylation is 1. The number of benzene rings is 2. The molecule has 2 rings (SSSR count). The number of hydrogen-bond acceptors (Lipinski definition) is 2. The van der Waals surface area contributed by atoms with Crippen molar-refractivity contribution in [2.75, 3.05) is 27.2 Å². The van der Waals surface area contributed by atoms with Crippen molar-refractivity contribution in [2.24, 2.45) is 0 Å². The van der Waals surface area contributed by atoms with Crippen LogP contribution in [0.15, 0.2) is 54.2 Å². The van der Waals surface area contributed by atoms with Crippen LogP contribution in [-0.2, 0) is 4.79 Å². The molecule has 27 heavy (non-hydrogen) atoms. The number of likely N-dealkylation sites (N-methyl/N-ethyl adjacent to an activating group) is 1. The van der Waals surface area contributed by atoms with Gasteiger partial charge in [-0.25, -0.2) is 0 Å². The molecule has 0 bridgehead atoms. The second kappa shape index (κ2) is 9.90. The number of amides is 2. The van der Waals surface area contributed by atoms with Crippen LogP contribution in [0.3, 0.4) is 0 Å². The molecule has 0 heterocycles. The number of hydrogen-bond donors (Lipinski definition) is 3. The number of carbonyl (C=O) groups excluding carboxylic acids is 2. The van der Waals surface area contributed by atoms with Crippen LogP contribution < -0.4 is 15.5 Å². The minimum atomic E-state index is -0.330. The summed E-state index contributed by atoms with van der Waals surface area (Å²) in [5, 5.41) is 6.17. The van der Waals surface area contributed by atoms with E-state index in [1.54, 1.807) is 42.5 Å². The molecule has 5 nitrogen and oxygen atoms in total. The lowest BCUT2D eigenvalue weighted by atomic mass is 10.1. The van der Waals surface area contributed by atoms with Crippen molar-refractivity contribution in [3.8, 4) is 0 Å². The van der Waals surface area contributed by atoms with Crippen molar-refractivity contribution in [3.05, 3.63) is 75.9 Å². The zero-order chi connectivity index (χ0) is 19.8. The molecule has 0 fully saturated rings. The van der Waals surface area contributed by atoms with Crippen LogP contribution in [0.5, 0.6) is 0 Å². The van der Waals surface area contributed by atoms with Crippen LogP contribution in [0, 0.1) is 6.92 Å². The van der Waals surface area contributed by atoms with Gasteiger partial charge in [0.25, 0.3) is 11.8 Å². The second-order valence-electron chi connectivity index (χ2n) is 6.64. The number of rotatable bonds is 7. The Morgan fingerprint density at radius 1 is 1.04 bits per heavy atom. The Morgan fingerprint density at radius 3 is 2.26 bits per heavy atom. The van der Waals surface area contributed by atoms with E-state index in [4.69, 9.17) is 11.6 Å². The maximum Gasteiger partial charge on any atom is 0.268 e. The number of nitrogens with one attached hydrogen (secondary N) is 3. The summed E-state index contributed by atoms with van der Waals surface area (Å²) in [6.07, 6.45) is 1.64. The van der Waals surface area contributed by atoms with E-state index in [9.17, 15) is 9.59 Å². The molecule has 0 spiro atoms. The molecular weight excluding hydrogens is 362 g/mol. The first kappa shape index (κ1) is 20.7. The van der Waals surface area contributed by atoms with E-state index >= 15 is 0 Å². The van der Waals surface area contributed by atoms with E-state index in [1.807, 2.05) is 33.2 Å². The summed E-state index contributed by atoms with van der Waals surface area (Å²) in [5.41, 5.74) is 2.52. The standard InChI is InChI=1S/C21H24ClN3O2/c1-15-4-8-17(9-5-15)20(26)24-19(21(27)23-12-13-25(2)3)14-16-6-10-18(22)11-7-16/h4-11,14H,12-13H2,1-3H3,(H,23,27)(H,24,26)/p+1. The largest absolute Gasteiger partial charge is 0.345 e. The third-order valence-electron chi connectivity index (χ3n) is 3.90. The molecule has 6 heteroatoms. The first-order chi connectivity index (χ1) is 12.8. The highest BCUT2D eigenvalue weighted by Crippen LogP contribution is 2.12. The summed E-state index contributed by atoms with van der Waals surface area (Å²) in [6.45, 7) is 3.25. The highest BCUT2D eigenvalue weighted by molar-refractivity contribution is 6.30. The van der Waals surface area contributed by atoms with Crippen molar-refractivity contribution in [1.82, 2.24) is 10.6 Å². The van der Waals surface area contributed by atoms with Crippen LogP contribution in [0.1, 0.15) is 21.5 Å². The summed E-state index contributed by atoms with van der Waals surface area (Å²) in [5.74, 6) is -0.657. The molecule has 0 radical (unpaired) electrons. The van der Waals surface area contributed by atoms with Crippen molar-refractivity contribution in [3.63, 3.8) is 0 Å². The topological polar surface area (TPSA) is 62.6 Å². The number of halogens is 1.